The van der Waals surface area contributed by atoms with E-state index in [1.807, 2.05) is 25.1 Å². The Labute approximate surface area is 188 Å². The van der Waals surface area contributed by atoms with Gasteiger partial charge in [0.1, 0.15) is 30.5 Å². The molecule has 0 fully saturated rings. The number of aliphatic imine (C=N–C) groups is 1. The minimum atomic E-state index is -0.315. The lowest BCUT2D eigenvalue weighted by Crippen LogP contribution is -2.39. The van der Waals surface area contributed by atoms with E-state index in [0.29, 0.717) is 44.6 Å². The highest BCUT2D eigenvalue weighted by atomic mass is 127. The molecule has 160 valence electrons. The average molecular weight is 517 g/mol. The van der Waals surface area contributed by atoms with Gasteiger partial charge in [0, 0.05) is 32.3 Å². The van der Waals surface area contributed by atoms with Crippen molar-refractivity contribution in [2.24, 2.45) is 4.99 Å². The molecule has 0 spiro atoms. The fraction of sp³-hybridized carbons (Fsp3) is 0.381. The zero-order chi connectivity index (χ0) is 20.2. The molecule has 2 aromatic rings. The monoisotopic (exact) mass is 517 g/mol. The fourth-order valence-corrected chi connectivity index (χ4v) is 2.47. The molecule has 2 N–H and O–H groups in total. The number of aryl methyl sites for hydroxylation is 1. The highest BCUT2D eigenvalue weighted by Gasteiger charge is 2.06. The lowest BCUT2D eigenvalue weighted by molar-refractivity contribution is 0.145. The van der Waals surface area contributed by atoms with Crippen LogP contribution < -0.4 is 20.1 Å². The third-order valence-corrected chi connectivity index (χ3v) is 3.90. The lowest BCUT2D eigenvalue weighted by Gasteiger charge is -2.15. The van der Waals surface area contributed by atoms with Crippen LogP contribution in [0.2, 0.25) is 0 Å². The summed E-state index contributed by atoms with van der Waals surface area (Å²) in [6, 6.07) is 12.2. The first kappa shape index (κ1) is 25.0. The first-order valence-electron chi connectivity index (χ1n) is 9.16. The van der Waals surface area contributed by atoms with Crippen molar-refractivity contribution in [2.45, 2.75) is 13.5 Å². The minimum Gasteiger partial charge on any atom is -0.492 e. The highest BCUT2D eigenvalue weighted by Crippen LogP contribution is 2.20. The van der Waals surface area contributed by atoms with E-state index >= 15 is 0 Å². The smallest absolute Gasteiger partial charge is 0.191 e. The molecule has 8 heteroatoms. The van der Waals surface area contributed by atoms with Crippen LogP contribution in [0.4, 0.5) is 4.39 Å². The number of halogens is 2. The second kappa shape index (κ2) is 14.0. The molecule has 0 aliphatic carbocycles. The maximum atomic E-state index is 13.1. The Morgan fingerprint density at radius 2 is 1.86 bits per heavy atom. The molecular formula is C21H29FIN3O3. The highest BCUT2D eigenvalue weighted by molar-refractivity contribution is 14.0. The summed E-state index contributed by atoms with van der Waals surface area (Å²) in [6.45, 7) is 4.54. The van der Waals surface area contributed by atoms with E-state index in [4.69, 9.17) is 14.2 Å². The minimum absolute atomic E-state index is 0. The number of hydrogen-bond donors (Lipinski definition) is 2. The van der Waals surface area contributed by atoms with Crippen molar-refractivity contribution < 1.29 is 18.6 Å². The van der Waals surface area contributed by atoms with Crippen molar-refractivity contribution in [3.8, 4) is 11.5 Å². The lowest BCUT2D eigenvalue weighted by atomic mass is 10.1. The first-order chi connectivity index (χ1) is 13.6. The molecule has 0 aromatic heterocycles. The summed E-state index contributed by atoms with van der Waals surface area (Å²) in [6.07, 6.45) is 0. The fourth-order valence-electron chi connectivity index (χ4n) is 2.47. The van der Waals surface area contributed by atoms with Gasteiger partial charge >= 0.3 is 0 Å². The van der Waals surface area contributed by atoms with Gasteiger partial charge in [-0.05, 0) is 30.7 Å². The van der Waals surface area contributed by atoms with Crippen molar-refractivity contribution in [3.63, 3.8) is 0 Å². The number of nitrogens with one attached hydrogen (secondary N) is 2. The van der Waals surface area contributed by atoms with E-state index in [9.17, 15) is 4.39 Å². The van der Waals surface area contributed by atoms with Gasteiger partial charge in [0.05, 0.1) is 13.2 Å². The van der Waals surface area contributed by atoms with Crippen LogP contribution >= 0.6 is 24.0 Å². The van der Waals surface area contributed by atoms with Gasteiger partial charge < -0.3 is 24.8 Å². The van der Waals surface area contributed by atoms with Crippen molar-refractivity contribution >= 4 is 29.9 Å². The summed E-state index contributed by atoms with van der Waals surface area (Å²) in [5.74, 6) is 1.66. The van der Waals surface area contributed by atoms with Gasteiger partial charge in [0.2, 0.25) is 0 Å². The third-order valence-electron chi connectivity index (χ3n) is 3.90. The summed E-state index contributed by atoms with van der Waals surface area (Å²) in [5.41, 5.74) is 2.16. The van der Waals surface area contributed by atoms with Gasteiger partial charge in [-0.1, -0.05) is 18.2 Å². The van der Waals surface area contributed by atoms with Crippen LogP contribution in [0.1, 0.15) is 11.1 Å². The van der Waals surface area contributed by atoms with Crippen LogP contribution in [0.25, 0.3) is 0 Å². The number of ether oxygens (including phenoxy) is 3. The molecule has 0 bridgehead atoms. The Bertz CT molecular complexity index is 775. The number of benzene rings is 2. The van der Waals surface area contributed by atoms with Gasteiger partial charge in [-0.15, -0.1) is 24.0 Å². The Balaban J connectivity index is 0.00000420. The zero-order valence-corrected chi connectivity index (χ0v) is 19.4. The maximum Gasteiger partial charge on any atom is 0.191 e. The van der Waals surface area contributed by atoms with Crippen LogP contribution in [0, 0.1) is 12.7 Å². The average Bonchev–Trinajstić information content (AvgIpc) is 2.69. The van der Waals surface area contributed by atoms with E-state index in [1.54, 1.807) is 26.3 Å². The molecule has 0 aliphatic rings. The second-order valence-electron chi connectivity index (χ2n) is 6.11. The predicted octanol–water partition coefficient (Wildman–Crippen LogP) is 3.52. The Morgan fingerprint density at radius 1 is 1.03 bits per heavy atom. The van der Waals surface area contributed by atoms with E-state index in [1.165, 1.54) is 12.1 Å². The number of nitrogens with zero attached hydrogens (tertiary/aromatic N) is 1. The van der Waals surface area contributed by atoms with Crippen LogP contribution in [-0.2, 0) is 11.3 Å². The molecule has 6 nitrogen and oxygen atoms in total. The Kier molecular flexibility index (Phi) is 12.1. The van der Waals surface area contributed by atoms with Crippen molar-refractivity contribution in [2.75, 3.05) is 40.5 Å². The standard InChI is InChI=1S/C21H28FN3O3.HI/c1-16-7-8-17(20(13-16)28-12-11-26-3)15-25-21(23-2)24-9-10-27-19-6-4-5-18(22)14-19;/h4-8,13-14H,9-12,15H2,1-3H3,(H2,23,24,25);1H. The number of hydrogen-bond acceptors (Lipinski definition) is 4. The van der Waals surface area contributed by atoms with Crippen LogP contribution in [-0.4, -0.2) is 46.5 Å². The first-order valence-corrected chi connectivity index (χ1v) is 9.16. The largest absolute Gasteiger partial charge is 0.492 e. The van der Waals surface area contributed by atoms with Crippen LogP contribution in [0.3, 0.4) is 0 Å². The predicted molar refractivity (Wildman–Crippen MR) is 124 cm³/mol. The normalized spacial score (nSPS) is 10.8. The SMILES string of the molecule is CN=C(NCCOc1cccc(F)c1)NCc1ccc(C)cc1OCCOC.I. The number of methoxy groups -OCH3 is 1. The molecule has 29 heavy (non-hydrogen) atoms. The molecule has 0 unspecified atom stereocenters. The van der Waals surface area contributed by atoms with E-state index in [2.05, 4.69) is 15.6 Å². The summed E-state index contributed by atoms with van der Waals surface area (Å²) < 4.78 is 29.5. The molecule has 0 heterocycles. The summed E-state index contributed by atoms with van der Waals surface area (Å²) in [7, 11) is 3.35. The van der Waals surface area contributed by atoms with Crippen molar-refractivity contribution in [1.29, 1.82) is 0 Å². The van der Waals surface area contributed by atoms with Crippen molar-refractivity contribution in [3.05, 3.63) is 59.4 Å². The summed E-state index contributed by atoms with van der Waals surface area (Å²) in [4.78, 5) is 4.20. The molecule has 0 saturated carbocycles. The summed E-state index contributed by atoms with van der Waals surface area (Å²) >= 11 is 0. The Hall–Kier alpha value is -2.07. The zero-order valence-electron chi connectivity index (χ0n) is 17.0. The topological polar surface area (TPSA) is 64.1 Å². The number of guanidine groups is 1. The van der Waals surface area contributed by atoms with Crippen LogP contribution in [0.15, 0.2) is 47.5 Å². The molecule has 0 amide bonds. The molecule has 0 saturated heterocycles. The summed E-state index contributed by atoms with van der Waals surface area (Å²) in [5, 5.41) is 6.42. The molecule has 2 aromatic carbocycles. The van der Waals surface area contributed by atoms with E-state index < -0.39 is 0 Å². The number of rotatable bonds is 10. The van der Waals surface area contributed by atoms with Crippen LogP contribution in [0.5, 0.6) is 11.5 Å². The quantitative estimate of drug-likeness (QED) is 0.219. The van der Waals surface area contributed by atoms with Gasteiger partial charge in [-0.25, -0.2) is 4.39 Å². The van der Waals surface area contributed by atoms with Gasteiger partial charge in [-0.3, -0.25) is 4.99 Å². The Morgan fingerprint density at radius 3 is 2.59 bits per heavy atom. The third kappa shape index (κ3) is 9.31. The van der Waals surface area contributed by atoms with Gasteiger partial charge in [0.25, 0.3) is 0 Å². The van der Waals surface area contributed by atoms with E-state index in [0.717, 1.165) is 16.9 Å². The maximum absolute atomic E-state index is 13.1. The molecule has 2 rings (SSSR count). The molecule has 0 radical (unpaired) electrons. The van der Waals surface area contributed by atoms with E-state index in [-0.39, 0.29) is 29.8 Å². The van der Waals surface area contributed by atoms with Gasteiger partial charge in [0.15, 0.2) is 5.96 Å². The molecule has 0 aliphatic heterocycles. The molecule has 0 atom stereocenters. The van der Waals surface area contributed by atoms with Gasteiger partial charge in [-0.2, -0.15) is 0 Å². The molecular weight excluding hydrogens is 488 g/mol. The second-order valence-corrected chi connectivity index (χ2v) is 6.11. The van der Waals surface area contributed by atoms with Crippen molar-refractivity contribution in [1.82, 2.24) is 10.6 Å².